The van der Waals surface area contributed by atoms with Crippen LogP contribution in [0, 0.1) is 0 Å². The standard InChI is InChI=1S/C20H20N2O2S2/c1-4-11-22-19(24)16-10-12-25-18(16)21-20(22)26-13(3)17(23)15-8-6-14(5-2)7-9-15/h4,6-10,12-13H,1,5,11H2,2-3H3. The number of aromatic nitrogens is 2. The molecule has 0 N–H and O–H groups in total. The second-order valence-corrected chi connectivity index (χ2v) is 8.12. The minimum Gasteiger partial charge on any atom is -0.293 e. The van der Waals surface area contributed by atoms with E-state index in [9.17, 15) is 9.59 Å². The summed E-state index contributed by atoms with van der Waals surface area (Å²) in [4.78, 5) is 30.7. The first-order valence-corrected chi connectivity index (χ1v) is 10.2. The lowest BCUT2D eigenvalue weighted by Crippen LogP contribution is -2.24. The first-order chi connectivity index (χ1) is 12.5. The Hall–Kier alpha value is -2.18. The number of carbonyl (C=O) groups is 1. The Balaban J connectivity index is 1.91. The molecule has 0 saturated heterocycles. The Bertz CT molecular complexity index is 1000. The number of nitrogens with zero attached hydrogens (tertiary/aromatic N) is 2. The average molecular weight is 385 g/mol. The maximum atomic E-state index is 12.8. The van der Waals surface area contributed by atoms with Gasteiger partial charge in [-0.1, -0.05) is 49.0 Å². The molecule has 6 heteroatoms. The first-order valence-electron chi connectivity index (χ1n) is 8.44. The maximum absolute atomic E-state index is 12.8. The van der Waals surface area contributed by atoms with E-state index in [0.29, 0.717) is 27.5 Å². The van der Waals surface area contributed by atoms with Crippen molar-refractivity contribution < 1.29 is 4.79 Å². The van der Waals surface area contributed by atoms with Crippen molar-refractivity contribution >= 4 is 39.1 Å². The molecule has 3 rings (SSSR count). The second kappa shape index (κ2) is 8.01. The highest BCUT2D eigenvalue weighted by molar-refractivity contribution is 8.00. The summed E-state index contributed by atoms with van der Waals surface area (Å²) in [6, 6.07) is 9.48. The third-order valence-electron chi connectivity index (χ3n) is 4.16. The molecule has 0 spiro atoms. The number of fused-ring (bicyclic) bond motifs is 1. The smallest absolute Gasteiger partial charge is 0.263 e. The molecule has 0 saturated carbocycles. The number of hydrogen-bond donors (Lipinski definition) is 0. The minimum atomic E-state index is -0.345. The molecule has 0 radical (unpaired) electrons. The number of allylic oxidation sites excluding steroid dienone is 1. The Kier molecular flexibility index (Phi) is 5.74. The molecule has 0 aliphatic heterocycles. The lowest BCUT2D eigenvalue weighted by atomic mass is 10.1. The normalized spacial score (nSPS) is 12.2. The number of carbonyl (C=O) groups excluding carboxylic acids is 1. The van der Waals surface area contributed by atoms with Gasteiger partial charge in [0, 0.05) is 12.1 Å². The van der Waals surface area contributed by atoms with Crippen LogP contribution >= 0.6 is 23.1 Å². The van der Waals surface area contributed by atoms with E-state index >= 15 is 0 Å². The van der Waals surface area contributed by atoms with Gasteiger partial charge in [0.1, 0.15) is 4.83 Å². The Labute approximate surface area is 160 Å². The highest BCUT2D eigenvalue weighted by atomic mass is 32.2. The van der Waals surface area contributed by atoms with Crippen LogP contribution in [-0.4, -0.2) is 20.6 Å². The Morgan fingerprint density at radius 2 is 2.08 bits per heavy atom. The first kappa shape index (κ1) is 18.6. The molecule has 134 valence electrons. The van der Waals surface area contributed by atoms with Crippen molar-refractivity contribution in [3.63, 3.8) is 0 Å². The molecule has 26 heavy (non-hydrogen) atoms. The lowest BCUT2D eigenvalue weighted by molar-refractivity contribution is 0.0994. The second-order valence-electron chi connectivity index (χ2n) is 5.91. The molecule has 0 aliphatic rings. The SMILES string of the molecule is C=CCn1c(SC(C)C(=O)c2ccc(CC)cc2)nc2sccc2c1=O. The fraction of sp³-hybridized carbons (Fsp3) is 0.250. The number of aryl methyl sites for hydroxylation is 1. The van der Waals surface area contributed by atoms with E-state index in [0.717, 1.165) is 6.42 Å². The maximum Gasteiger partial charge on any atom is 0.263 e. The van der Waals surface area contributed by atoms with E-state index in [4.69, 9.17) is 0 Å². The molecular formula is C20H20N2O2S2. The van der Waals surface area contributed by atoms with Gasteiger partial charge in [0.25, 0.3) is 5.56 Å². The van der Waals surface area contributed by atoms with Crippen molar-refractivity contribution in [1.82, 2.24) is 9.55 Å². The number of thioether (sulfide) groups is 1. The summed E-state index contributed by atoms with van der Waals surface area (Å²) in [7, 11) is 0. The molecule has 0 fully saturated rings. The van der Waals surface area contributed by atoms with Crippen LogP contribution in [0.5, 0.6) is 0 Å². The zero-order valence-corrected chi connectivity index (χ0v) is 16.4. The van der Waals surface area contributed by atoms with E-state index in [-0.39, 0.29) is 16.6 Å². The Morgan fingerprint density at radius 1 is 1.35 bits per heavy atom. The van der Waals surface area contributed by atoms with Crippen molar-refractivity contribution in [2.24, 2.45) is 0 Å². The van der Waals surface area contributed by atoms with E-state index < -0.39 is 0 Å². The predicted molar refractivity (Wildman–Crippen MR) is 110 cm³/mol. The summed E-state index contributed by atoms with van der Waals surface area (Å²) < 4.78 is 1.58. The van der Waals surface area contributed by atoms with Gasteiger partial charge in [-0.2, -0.15) is 0 Å². The number of thiophene rings is 1. The van der Waals surface area contributed by atoms with Crippen LogP contribution < -0.4 is 5.56 Å². The van der Waals surface area contributed by atoms with Gasteiger partial charge in [0.15, 0.2) is 10.9 Å². The van der Waals surface area contributed by atoms with Crippen LogP contribution in [0.4, 0.5) is 0 Å². The molecule has 4 nitrogen and oxygen atoms in total. The molecule has 3 aromatic rings. The third kappa shape index (κ3) is 3.66. The summed E-state index contributed by atoms with van der Waals surface area (Å²) in [6.07, 6.45) is 2.61. The highest BCUT2D eigenvalue weighted by Crippen LogP contribution is 2.26. The lowest BCUT2D eigenvalue weighted by Gasteiger charge is -2.14. The molecule has 1 unspecified atom stereocenters. The number of hydrogen-bond acceptors (Lipinski definition) is 5. The monoisotopic (exact) mass is 384 g/mol. The summed E-state index contributed by atoms with van der Waals surface area (Å²) in [5, 5.41) is 2.67. The van der Waals surface area contributed by atoms with Crippen molar-refractivity contribution in [3.8, 4) is 0 Å². The molecule has 0 bridgehead atoms. The predicted octanol–water partition coefficient (Wildman–Crippen LogP) is 4.57. The minimum absolute atomic E-state index is 0.0309. The van der Waals surface area contributed by atoms with Crippen LogP contribution in [0.2, 0.25) is 0 Å². The molecule has 2 aromatic heterocycles. The fourth-order valence-electron chi connectivity index (χ4n) is 2.66. The summed E-state index contributed by atoms with van der Waals surface area (Å²) in [6.45, 7) is 8.02. The highest BCUT2D eigenvalue weighted by Gasteiger charge is 2.20. The number of Topliss-reactive ketones (excluding diaryl/α,β-unsaturated/α-hetero) is 1. The van der Waals surface area contributed by atoms with Crippen molar-refractivity contribution in [2.45, 2.75) is 37.2 Å². The molecule has 2 heterocycles. The van der Waals surface area contributed by atoms with E-state index in [1.54, 1.807) is 16.7 Å². The summed E-state index contributed by atoms with van der Waals surface area (Å²) in [5.74, 6) is 0.0309. The van der Waals surface area contributed by atoms with Crippen LogP contribution in [0.25, 0.3) is 10.2 Å². The zero-order valence-electron chi connectivity index (χ0n) is 14.8. The molecule has 1 atom stereocenters. The van der Waals surface area contributed by atoms with Crippen LogP contribution in [0.1, 0.15) is 29.8 Å². The molecule has 1 aromatic carbocycles. The summed E-state index contributed by atoms with van der Waals surface area (Å²) >= 11 is 2.75. The van der Waals surface area contributed by atoms with Crippen molar-refractivity contribution in [2.75, 3.05) is 0 Å². The van der Waals surface area contributed by atoms with Crippen molar-refractivity contribution in [1.29, 1.82) is 0 Å². The molecule has 0 amide bonds. The van der Waals surface area contributed by atoms with Gasteiger partial charge in [0.2, 0.25) is 0 Å². The third-order valence-corrected chi connectivity index (χ3v) is 6.05. The fourth-order valence-corrected chi connectivity index (χ4v) is 4.46. The van der Waals surface area contributed by atoms with Crippen molar-refractivity contribution in [3.05, 3.63) is 69.8 Å². The van der Waals surface area contributed by atoms with E-state index in [2.05, 4.69) is 18.5 Å². The van der Waals surface area contributed by atoms with Crippen LogP contribution in [-0.2, 0) is 13.0 Å². The number of benzene rings is 1. The van der Waals surface area contributed by atoms with Gasteiger partial charge < -0.3 is 0 Å². The van der Waals surface area contributed by atoms with Crippen LogP contribution in [0.3, 0.4) is 0 Å². The van der Waals surface area contributed by atoms with Gasteiger partial charge in [-0.25, -0.2) is 4.98 Å². The molecule has 0 aliphatic carbocycles. The average Bonchev–Trinajstić information content (AvgIpc) is 3.13. The Morgan fingerprint density at radius 3 is 2.73 bits per heavy atom. The topological polar surface area (TPSA) is 52.0 Å². The van der Waals surface area contributed by atoms with Gasteiger partial charge in [-0.3, -0.25) is 14.2 Å². The van der Waals surface area contributed by atoms with Gasteiger partial charge in [-0.15, -0.1) is 17.9 Å². The number of ketones is 1. The van der Waals surface area contributed by atoms with E-state index in [1.807, 2.05) is 36.6 Å². The largest absolute Gasteiger partial charge is 0.293 e. The van der Waals surface area contributed by atoms with Gasteiger partial charge in [0.05, 0.1) is 10.6 Å². The zero-order chi connectivity index (χ0) is 18.7. The number of rotatable bonds is 7. The molecular weight excluding hydrogens is 364 g/mol. The van der Waals surface area contributed by atoms with E-state index in [1.165, 1.54) is 28.7 Å². The van der Waals surface area contributed by atoms with Gasteiger partial charge in [-0.05, 0) is 30.4 Å². The van der Waals surface area contributed by atoms with Gasteiger partial charge >= 0.3 is 0 Å². The van der Waals surface area contributed by atoms with Crippen LogP contribution in [0.15, 0.2) is 58.3 Å². The quantitative estimate of drug-likeness (QED) is 0.259. The summed E-state index contributed by atoms with van der Waals surface area (Å²) in [5.41, 5.74) is 1.79.